The van der Waals surface area contributed by atoms with Gasteiger partial charge in [-0.3, -0.25) is 9.78 Å². The SMILES string of the molecule is Nc1cc(F)ccc1NC(=O)c1cncc(F)c1. The molecule has 92 valence electrons. The van der Waals surface area contributed by atoms with Crippen LogP contribution in [0.4, 0.5) is 20.2 Å². The molecule has 2 rings (SSSR count). The first kappa shape index (κ1) is 12.0. The van der Waals surface area contributed by atoms with Crippen molar-refractivity contribution in [2.24, 2.45) is 0 Å². The summed E-state index contributed by atoms with van der Waals surface area (Å²) in [6.45, 7) is 0. The summed E-state index contributed by atoms with van der Waals surface area (Å²) in [5.41, 5.74) is 5.93. The Morgan fingerprint density at radius 1 is 1.17 bits per heavy atom. The van der Waals surface area contributed by atoms with Gasteiger partial charge in [0.2, 0.25) is 0 Å². The van der Waals surface area contributed by atoms with Gasteiger partial charge in [-0.2, -0.15) is 0 Å². The highest BCUT2D eigenvalue weighted by molar-refractivity contribution is 6.05. The number of amides is 1. The Kier molecular flexibility index (Phi) is 3.18. The number of nitrogens with one attached hydrogen (secondary N) is 1. The Hall–Kier alpha value is -2.50. The second-order valence-electron chi connectivity index (χ2n) is 3.58. The summed E-state index contributed by atoms with van der Waals surface area (Å²) in [6, 6.07) is 4.62. The summed E-state index contributed by atoms with van der Waals surface area (Å²) >= 11 is 0. The minimum atomic E-state index is -0.616. The van der Waals surface area contributed by atoms with Gasteiger partial charge in [0, 0.05) is 6.20 Å². The van der Waals surface area contributed by atoms with E-state index < -0.39 is 17.5 Å². The number of pyridine rings is 1. The molecule has 0 aliphatic carbocycles. The maximum absolute atomic E-state index is 12.9. The number of carbonyl (C=O) groups excluding carboxylic acids is 1. The van der Waals surface area contributed by atoms with Gasteiger partial charge < -0.3 is 11.1 Å². The van der Waals surface area contributed by atoms with E-state index in [1.54, 1.807) is 0 Å². The third kappa shape index (κ3) is 2.60. The van der Waals surface area contributed by atoms with Crippen LogP contribution in [0, 0.1) is 11.6 Å². The number of halogens is 2. The van der Waals surface area contributed by atoms with E-state index in [1.165, 1.54) is 12.3 Å². The molecule has 2 aromatic rings. The van der Waals surface area contributed by atoms with Crippen molar-refractivity contribution in [2.75, 3.05) is 11.1 Å². The first-order chi connectivity index (χ1) is 8.56. The van der Waals surface area contributed by atoms with E-state index in [9.17, 15) is 13.6 Å². The number of anilines is 2. The smallest absolute Gasteiger partial charge is 0.257 e. The Morgan fingerprint density at radius 2 is 1.94 bits per heavy atom. The molecule has 0 aliphatic heterocycles. The zero-order chi connectivity index (χ0) is 13.1. The molecule has 0 saturated heterocycles. The molecular weight excluding hydrogens is 240 g/mol. The molecule has 0 aliphatic rings. The van der Waals surface area contributed by atoms with Crippen molar-refractivity contribution in [3.8, 4) is 0 Å². The second kappa shape index (κ2) is 4.79. The second-order valence-corrected chi connectivity index (χ2v) is 3.58. The molecule has 0 bridgehead atoms. The number of benzene rings is 1. The van der Waals surface area contributed by atoms with E-state index in [1.807, 2.05) is 0 Å². The number of aromatic nitrogens is 1. The Morgan fingerprint density at radius 3 is 2.61 bits per heavy atom. The molecule has 0 unspecified atom stereocenters. The van der Waals surface area contributed by atoms with Gasteiger partial charge in [0.1, 0.15) is 11.6 Å². The molecule has 1 amide bonds. The van der Waals surface area contributed by atoms with E-state index >= 15 is 0 Å². The molecule has 1 aromatic heterocycles. The number of nitrogens with two attached hydrogens (primary N) is 1. The third-order valence-corrected chi connectivity index (χ3v) is 2.23. The summed E-state index contributed by atoms with van der Waals surface area (Å²) in [5.74, 6) is -1.69. The van der Waals surface area contributed by atoms with E-state index in [4.69, 9.17) is 5.73 Å². The minimum absolute atomic E-state index is 0.0544. The zero-order valence-corrected chi connectivity index (χ0v) is 9.15. The average molecular weight is 249 g/mol. The molecule has 1 heterocycles. The average Bonchev–Trinajstić information content (AvgIpc) is 2.32. The fourth-order valence-corrected chi connectivity index (χ4v) is 1.38. The van der Waals surface area contributed by atoms with Gasteiger partial charge in [-0.25, -0.2) is 8.78 Å². The summed E-state index contributed by atoms with van der Waals surface area (Å²) in [5, 5.41) is 2.44. The van der Waals surface area contributed by atoms with Crippen LogP contribution in [-0.4, -0.2) is 10.9 Å². The van der Waals surface area contributed by atoms with E-state index in [0.717, 1.165) is 24.4 Å². The summed E-state index contributed by atoms with van der Waals surface area (Å²) in [4.78, 5) is 15.3. The monoisotopic (exact) mass is 249 g/mol. The van der Waals surface area contributed by atoms with Crippen LogP contribution in [0.25, 0.3) is 0 Å². The quantitative estimate of drug-likeness (QED) is 0.801. The first-order valence-corrected chi connectivity index (χ1v) is 5.03. The molecule has 1 aromatic carbocycles. The fraction of sp³-hybridized carbons (Fsp3) is 0. The molecule has 0 spiro atoms. The van der Waals surface area contributed by atoms with Crippen molar-refractivity contribution in [3.05, 3.63) is 53.9 Å². The highest BCUT2D eigenvalue weighted by Gasteiger charge is 2.09. The van der Waals surface area contributed by atoms with Gasteiger partial charge in [0.15, 0.2) is 0 Å². The van der Waals surface area contributed by atoms with E-state index in [-0.39, 0.29) is 16.9 Å². The van der Waals surface area contributed by atoms with Crippen LogP contribution in [0.15, 0.2) is 36.7 Å². The van der Waals surface area contributed by atoms with Crippen molar-refractivity contribution >= 4 is 17.3 Å². The van der Waals surface area contributed by atoms with Crippen molar-refractivity contribution in [3.63, 3.8) is 0 Å². The van der Waals surface area contributed by atoms with Gasteiger partial charge in [-0.1, -0.05) is 0 Å². The maximum atomic E-state index is 12.9. The van der Waals surface area contributed by atoms with Crippen LogP contribution < -0.4 is 11.1 Å². The number of nitrogen functional groups attached to an aromatic ring is 1. The number of hydrogen-bond donors (Lipinski definition) is 2. The molecule has 0 radical (unpaired) electrons. The first-order valence-electron chi connectivity index (χ1n) is 5.03. The third-order valence-electron chi connectivity index (χ3n) is 2.23. The highest BCUT2D eigenvalue weighted by Crippen LogP contribution is 2.19. The van der Waals surface area contributed by atoms with Gasteiger partial charge in [0.05, 0.1) is 23.1 Å². The lowest BCUT2D eigenvalue weighted by molar-refractivity contribution is 0.102. The maximum Gasteiger partial charge on any atom is 0.257 e. The van der Waals surface area contributed by atoms with Gasteiger partial charge >= 0.3 is 0 Å². The standard InChI is InChI=1S/C12H9F2N3O/c13-8-1-2-11(10(15)4-8)17-12(18)7-3-9(14)6-16-5-7/h1-6H,15H2,(H,17,18). The molecule has 0 atom stereocenters. The summed E-state index contributed by atoms with van der Waals surface area (Å²) < 4.78 is 25.7. The van der Waals surface area contributed by atoms with E-state index in [2.05, 4.69) is 10.3 Å². The fourth-order valence-electron chi connectivity index (χ4n) is 1.38. The van der Waals surface area contributed by atoms with Crippen LogP contribution in [0.3, 0.4) is 0 Å². The number of rotatable bonds is 2. The van der Waals surface area contributed by atoms with Crippen LogP contribution >= 0.6 is 0 Å². The van der Waals surface area contributed by atoms with Crippen molar-refractivity contribution < 1.29 is 13.6 Å². The van der Waals surface area contributed by atoms with Crippen molar-refractivity contribution in [2.45, 2.75) is 0 Å². The van der Waals surface area contributed by atoms with Gasteiger partial charge in [0.25, 0.3) is 5.91 Å². The Bertz CT molecular complexity index is 602. The van der Waals surface area contributed by atoms with Crippen molar-refractivity contribution in [1.82, 2.24) is 4.98 Å². The number of hydrogen-bond acceptors (Lipinski definition) is 3. The zero-order valence-electron chi connectivity index (χ0n) is 9.15. The molecule has 4 nitrogen and oxygen atoms in total. The Labute approximate surface area is 101 Å². The van der Waals surface area contributed by atoms with Crippen LogP contribution in [-0.2, 0) is 0 Å². The topological polar surface area (TPSA) is 68.0 Å². The van der Waals surface area contributed by atoms with E-state index in [0.29, 0.717) is 0 Å². The predicted molar refractivity (Wildman–Crippen MR) is 63.0 cm³/mol. The molecule has 18 heavy (non-hydrogen) atoms. The van der Waals surface area contributed by atoms with Crippen LogP contribution in [0.1, 0.15) is 10.4 Å². The minimum Gasteiger partial charge on any atom is -0.397 e. The normalized spacial score (nSPS) is 10.1. The van der Waals surface area contributed by atoms with Gasteiger partial charge in [-0.05, 0) is 24.3 Å². The lowest BCUT2D eigenvalue weighted by atomic mass is 10.2. The molecule has 6 heteroatoms. The van der Waals surface area contributed by atoms with Gasteiger partial charge in [-0.15, -0.1) is 0 Å². The molecular formula is C12H9F2N3O. The van der Waals surface area contributed by atoms with Crippen LogP contribution in [0.2, 0.25) is 0 Å². The lowest BCUT2D eigenvalue weighted by Crippen LogP contribution is -2.13. The molecule has 0 fully saturated rings. The number of carbonyl (C=O) groups is 1. The Balaban J connectivity index is 2.21. The number of nitrogens with zero attached hydrogens (tertiary/aromatic N) is 1. The largest absolute Gasteiger partial charge is 0.397 e. The predicted octanol–water partition coefficient (Wildman–Crippen LogP) is 2.19. The van der Waals surface area contributed by atoms with Crippen molar-refractivity contribution in [1.29, 1.82) is 0 Å². The molecule has 0 saturated carbocycles. The molecule has 3 N–H and O–H groups in total. The summed E-state index contributed by atoms with van der Waals surface area (Å²) in [6.07, 6.45) is 2.21. The van der Waals surface area contributed by atoms with Crippen LogP contribution in [0.5, 0.6) is 0 Å². The summed E-state index contributed by atoms with van der Waals surface area (Å²) in [7, 11) is 0. The lowest BCUT2D eigenvalue weighted by Gasteiger charge is -2.07. The highest BCUT2D eigenvalue weighted by atomic mass is 19.1.